The summed E-state index contributed by atoms with van der Waals surface area (Å²) in [6.07, 6.45) is 2.79. The predicted octanol–water partition coefficient (Wildman–Crippen LogP) is 3.47. The van der Waals surface area contributed by atoms with Gasteiger partial charge in [0.15, 0.2) is 5.78 Å². The summed E-state index contributed by atoms with van der Waals surface area (Å²) in [4.78, 5) is 41.8. The zero-order chi connectivity index (χ0) is 28.3. The van der Waals surface area contributed by atoms with Gasteiger partial charge in [-0.05, 0) is 47.1 Å². The number of nitrogens with one attached hydrogen (secondary N) is 1. The molecule has 3 aromatic rings. The molecular formula is C30H35N5O3S. The standard InChI is InChI=1S/C30H35N5O3S/c1-5-21(36)35-13-7-10-18(15-35)34-28(38)26-23-22-19(11-12-20(31)25(22)39-26)30(33,27(37)24(23)32)17-9-6-8-16(14-17)29(2,3)4/h5-6,8-9,11-12,14,18,24H,1,7,10,13,15,31-33H2,2-4H3,(H,34,38). The Labute approximate surface area is 232 Å². The van der Waals surface area contributed by atoms with Gasteiger partial charge in [-0.25, -0.2) is 0 Å². The molecule has 1 saturated heterocycles. The molecular weight excluding hydrogens is 510 g/mol. The first kappa shape index (κ1) is 27.1. The third-order valence-corrected chi connectivity index (χ3v) is 9.20. The summed E-state index contributed by atoms with van der Waals surface area (Å²) in [6.45, 7) is 10.9. The molecule has 3 atom stereocenters. The molecule has 1 aliphatic heterocycles. The van der Waals surface area contributed by atoms with Crippen LogP contribution in [0.2, 0.25) is 0 Å². The van der Waals surface area contributed by atoms with Crippen LogP contribution >= 0.6 is 11.3 Å². The normalized spacial score (nSPS) is 23.1. The van der Waals surface area contributed by atoms with Crippen LogP contribution in [0.5, 0.6) is 0 Å². The molecule has 1 fully saturated rings. The van der Waals surface area contributed by atoms with E-state index in [2.05, 4.69) is 32.7 Å². The first-order chi connectivity index (χ1) is 18.4. The zero-order valence-electron chi connectivity index (χ0n) is 22.5. The SMILES string of the molecule is C=CC(=O)N1CCCC(NC(=O)c2sc3c(N)ccc4c3c2C(N)C(=O)C4(N)c2cccc(C(C)(C)C)c2)C1. The molecule has 5 rings (SSSR count). The molecule has 8 nitrogen and oxygen atoms in total. The van der Waals surface area contributed by atoms with Crippen LogP contribution in [0.4, 0.5) is 5.69 Å². The highest BCUT2D eigenvalue weighted by Gasteiger charge is 2.49. The van der Waals surface area contributed by atoms with Crippen LogP contribution in [0.15, 0.2) is 49.1 Å². The molecule has 1 aromatic heterocycles. The van der Waals surface area contributed by atoms with Gasteiger partial charge in [0.25, 0.3) is 5.91 Å². The fourth-order valence-electron chi connectivity index (χ4n) is 5.75. The van der Waals surface area contributed by atoms with Gasteiger partial charge >= 0.3 is 0 Å². The number of likely N-dealkylation sites (tertiary alicyclic amines) is 1. The van der Waals surface area contributed by atoms with Gasteiger partial charge in [-0.2, -0.15) is 0 Å². The molecule has 2 heterocycles. The maximum Gasteiger partial charge on any atom is 0.262 e. The second kappa shape index (κ2) is 9.59. The molecule has 0 bridgehead atoms. The number of nitrogens with two attached hydrogens (primary N) is 3. The van der Waals surface area contributed by atoms with Gasteiger partial charge in [-0.15, -0.1) is 11.3 Å². The minimum atomic E-state index is -1.50. The van der Waals surface area contributed by atoms with E-state index in [1.165, 1.54) is 17.4 Å². The van der Waals surface area contributed by atoms with Crippen molar-refractivity contribution in [3.8, 4) is 0 Å². The highest BCUT2D eigenvalue weighted by molar-refractivity contribution is 7.21. The number of hydrogen-bond acceptors (Lipinski definition) is 7. The van der Waals surface area contributed by atoms with E-state index in [4.69, 9.17) is 17.2 Å². The Bertz CT molecular complexity index is 1520. The van der Waals surface area contributed by atoms with Crippen molar-refractivity contribution in [1.82, 2.24) is 10.2 Å². The number of piperidine rings is 1. The molecule has 0 spiro atoms. The molecule has 3 unspecified atom stereocenters. The van der Waals surface area contributed by atoms with E-state index in [0.29, 0.717) is 50.4 Å². The second-order valence-electron chi connectivity index (χ2n) is 11.5. The second-order valence-corrected chi connectivity index (χ2v) is 12.6. The number of nitrogens with zero attached hydrogens (tertiary/aromatic N) is 1. The van der Waals surface area contributed by atoms with Crippen molar-refractivity contribution in [3.63, 3.8) is 0 Å². The summed E-state index contributed by atoms with van der Waals surface area (Å²) in [6, 6.07) is 9.93. The van der Waals surface area contributed by atoms with Crippen LogP contribution in [0.25, 0.3) is 10.1 Å². The lowest BCUT2D eigenvalue weighted by Gasteiger charge is -2.37. The average Bonchev–Trinajstić information content (AvgIpc) is 3.32. The van der Waals surface area contributed by atoms with Crippen LogP contribution in [-0.2, 0) is 20.5 Å². The van der Waals surface area contributed by atoms with Crippen molar-refractivity contribution in [3.05, 3.63) is 76.2 Å². The molecule has 1 aliphatic carbocycles. The molecule has 0 saturated carbocycles. The summed E-state index contributed by atoms with van der Waals surface area (Å²) in [5.74, 6) is -0.872. The lowest BCUT2D eigenvalue weighted by atomic mass is 9.69. The van der Waals surface area contributed by atoms with Crippen molar-refractivity contribution in [1.29, 1.82) is 0 Å². The first-order valence-electron chi connectivity index (χ1n) is 13.1. The average molecular weight is 546 g/mol. The third kappa shape index (κ3) is 4.34. The van der Waals surface area contributed by atoms with E-state index in [0.717, 1.165) is 18.4 Å². The Balaban J connectivity index is 1.60. The summed E-state index contributed by atoms with van der Waals surface area (Å²) in [5, 5.41) is 3.73. The van der Waals surface area contributed by atoms with Crippen LogP contribution in [0.1, 0.15) is 71.6 Å². The van der Waals surface area contributed by atoms with E-state index in [1.54, 1.807) is 17.0 Å². The van der Waals surface area contributed by atoms with Crippen LogP contribution in [-0.4, -0.2) is 41.6 Å². The number of thiophene rings is 1. The maximum atomic E-state index is 14.0. The molecule has 2 aliphatic rings. The number of rotatable bonds is 4. The van der Waals surface area contributed by atoms with E-state index in [1.807, 2.05) is 24.3 Å². The number of Topliss-reactive ketones (excluding diaryl/α,β-unsaturated/α-hetero) is 1. The predicted molar refractivity (Wildman–Crippen MR) is 156 cm³/mol. The maximum absolute atomic E-state index is 14.0. The smallest absolute Gasteiger partial charge is 0.262 e. The number of carbonyl (C=O) groups is 3. The van der Waals surface area contributed by atoms with Gasteiger partial charge in [0.1, 0.15) is 5.54 Å². The largest absolute Gasteiger partial charge is 0.398 e. The van der Waals surface area contributed by atoms with Crippen LogP contribution in [0, 0.1) is 0 Å². The third-order valence-electron chi connectivity index (χ3n) is 7.95. The molecule has 7 N–H and O–H groups in total. The zero-order valence-corrected chi connectivity index (χ0v) is 23.4. The number of nitrogen functional groups attached to an aromatic ring is 1. The molecule has 2 aromatic carbocycles. The molecule has 2 amide bonds. The van der Waals surface area contributed by atoms with Gasteiger partial charge < -0.3 is 27.4 Å². The lowest BCUT2D eigenvalue weighted by Crippen LogP contribution is -2.53. The van der Waals surface area contributed by atoms with Crippen molar-refractivity contribution in [2.45, 2.75) is 56.7 Å². The molecule has 0 radical (unpaired) electrons. The van der Waals surface area contributed by atoms with Gasteiger partial charge in [0.05, 0.1) is 15.6 Å². The van der Waals surface area contributed by atoms with Gasteiger partial charge in [-0.3, -0.25) is 14.4 Å². The van der Waals surface area contributed by atoms with Crippen LogP contribution < -0.4 is 22.5 Å². The first-order valence-corrected chi connectivity index (χ1v) is 14.0. The van der Waals surface area contributed by atoms with Gasteiger partial charge in [0.2, 0.25) is 5.91 Å². The van der Waals surface area contributed by atoms with E-state index in [9.17, 15) is 14.4 Å². The van der Waals surface area contributed by atoms with Gasteiger partial charge in [-0.1, -0.05) is 57.7 Å². The number of amides is 2. The fourth-order valence-corrected chi connectivity index (χ4v) is 6.96. The molecule has 9 heteroatoms. The Hall–Kier alpha value is -3.53. The number of carbonyl (C=O) groups excluding carboxylic acids is 3. The Morgan fingerprint density at radius 1 is 1.23 bits per heavy atom. The van der Waals surface area contributed by atoms with Crippen LogP contribution in [0.3, 0.4) is 0 Å². The monoisotopic (exact) mass is 545 g/mol. The minimum absolute atomic E-state index is 0.146. The number of anilines is 1. The van der Waals surface area contributed by atoms with E-state index >= 15 is 0 Å². The van der Waals surface area contributed by atoms with Crippen molar-refractivity contribution in [2.24, 2.45) is 11.5 Å². The molecule has 204 valence electrons. The minimum Gasteiger partial charge on any atom is -0.398 e. The number of hydrogen-bond donors (Lipinski definition) is 4. The number of ketones is 1. The molecule has 39 heavy (non-hydrogen) atoms. The summed E-state index contributed by atoms with van der Waals surface area (Å²) >= 11 is 1.23. The van der Waals surface area contributed by atoms with E-state index < -0.39 is 11.6 Å². The lowest BCUT2D eigenvalue weighted by molar-refractivity contribution is -0.127. The highest BCUT2D eigenvalue weighted by Crippen LogP contribution is 2.49. The topological polar surface area (TPSA) is 145 Å². The van der Waals surface area contributed by atoms with E-state index in [-0.39, 0.29) is 29.1 Å². The Morgan fingerprint density at radius 2 is 1.97 bits per heavy atom. The van der Waals surface area contributed by atoms with Gasteiger partial charge in [0, 0.05) is 35.8 Å². The summed E-state index contributed by atoms with van der Waals surface area (Å²) in [7, 11) is 0. The number of benzene rings is 2. The Morgan fingerprint density at radius 3 is 2.67 bits per heavy atom. The summed E-state index contributed by atoms with van der Waals surface area (Å²) in [5.41, 5.74) is 21.6. The van der Waals surface area contributed by atoms with Crippen molar-refractivity contribution >= 4 is 44.7 Å². The van der Waals surface area contributed by atoms with Crippen molar-refractivity contribution < 1.29 is 14.4 Å². The Kier molecular flexibility index (Phi) is 6.65. The van der Waals surface area contributed by atoms with Crippen molar-refractivity contribution in [2.75, 3.05) is 18.8 Å². The highest BCUT2D eigenvalue weighted by atomic mass is 32.1. The fraction of sp³-hybridized carbons (Fsp3) is 0.367. The summed E-state index contributed by atoms with van der Waals surface area (Å²) < 4.78 is 0.685. The quantitative estimate of drug-likeness (QED) is 0.292.